The Balaban J connectivity index is 1.88. The Morgan fingerprint density at radius 1 is 1.20 bits per heavy atom. The van der Waals surface area contributed by atoms with Gasteiger partial charge in [-0.15, -0.1) is 0 Å². The van der Waals surface area contributed by atoms with E-state index in [0.29, 0.717) is 12.4 Å². The number of benzene rings is 1. The summed E-state index contributed by atoms with van der Waals surface area (Å²) in [4.78, 5) is 0. The van der Waals surface area contributed by atoms with Gasteiger partial charge in [0, 0.05) is 19.2 Å². The highest BCUT2D eigenvalue weighted by molar-refractivity contribution is 5.38. The van der Waals surface area contributed by atoms with Gasteiger partial charge in [0.2, 0.25) is 0 Å². The standard InChI is InChI=1S/C16H23N3O/c1-16(2,3)13-7-4-5-8-14(13)20-12-6-10-19-11-9-15(17)18-19/h4-5,7-9,11H,6,10,12H2,1-3H3,(H2,17,18). The monoisotopic (exact) mass is 273 g/mol. The molecule has 0 amide bonds. The van der Waals surface area contributed by atoms with E-state index in [4.69, 9.17) is 10.5 Å². The second-order valence-corrected chi connectivity index (χ2v) is 5.95. The lowest BCUT2D eigenvalue weighted by Crippen LogP contribution is -2.14. The summed E-state index contributed by atoms with van der Waals surface area (Å²) in [6, 6.07) is 10.0. The van der Waals surface area contributed by atoms with Crippen LogP contribution in [0.1, 0.15) is 32.8 Å². The van der Waals surface area contributed by atoms with Gasteiger partial charge in [0.05, 0.1) is 6.61 Å². The number of aryl methyl sites for hydroxylation is 1. The zero-order valence-corrected chi connectivity index (χ0v) is 12.5. The number of rotatable bonds is 5. The molecule has 2 aromatic rings. The first-order valence-electron chi connectivity index (χ1n) is 6.98. The van der Waals surface area contributed by atoms with Crippen molar-refractivity contribution in [2.24, 2.45) is 0 Å². The Labute approximate surface area is 120 Å². The highest BCUT2D eigenvalue weighted by atomic mass is 16.5. The molecule has 1 aromatic carbocycles. The highest BCUT2D eigenvalue weighted by Crippen LogP contribution is 2.30. The minimum Gasteiger partial charge on any atom is -0.493 e. The predicted molar refractivity (Wildman–Crippen MR) is 81.9 cm³/mol. The zero-order valence-electron chi connectivity index (χ0n) is 12.5. The van der Waals surface area contributed by atoms with Gasteiger partial charge < -0.3 is 10.5 Å². The van der Waals surface area contributed by atoms with Crippen molar-refractivity contribution in [2.45, 2.75) is 39.2 Å². The van der Waals surface area contributed by atoms with Crippen LogP contribution in [0.3, 0.4) is 0 Å². The molecule has 1 aromatic heterocycles. The van der Waals surface area contributed by atoms with Gasteiger partial charge in [0.1, 0.15) is 11.6 Å². The van der Waals surface area contributed by atoms with Crippen molar-refractivity contribution in [2.75, 3.05) is 12.3 Å². The molecule has 0 unspecified atom stereocenters. The fourth-order valence-corrected chi connectivity index (χ4v) is 2.12. The number of para-hydroxylation sites is 1. The van der Waals surface area contributed by atoms with Crippen LogP contribution in [-0.2, 0) is 12.0 Å². The van der Waals surface area contributed by atoms with Crippen molar-refractivity contribution in [3.05, 3.63) is 42.1 Å². The molecule has 0 radical (unpaired) electrons. The number of anilines is 1. The van der Waals surface area contributed by atoms with Gasteiger partial charge in [0.15, 0.2) is 0 Å². The summed E-state index contributed by atoms with van der Waals surface area (Å²) in [5.41, 5.74) is 6.91. The number of nitrogen functional groups attached to an aromatic ring is 1. The Bertz CT molecular complexity index is 555. The van der Waals surface area contributed by atoms with Gasteiger partial charge in [0.25, 0.3) is 0 Å². The van der Waals surface area contributed by atoms with Gasteiger partial charge in [-0.25, -0.2) is 0 Å². The second kappa shape index (κ2) is 5.99. The van der Waals surface area contributed by atoms with Crippen LogP contribution in [0.15, 0.2) is 36.5 Å². The fourth-order valence-electron chi connectivity index (χ4n) is 2.12. The number of nitrogens with zero attached hydrogens (tertiary/aromatic N) is 2. The van der Waals surface area contributed by atoms with Crippen LogP contribution in [0.5, 0.6) is 5.75 Å². The van der Waals surface area contributed by atoms with E-state index in [-0.39, 0.29) is 5.41 Å². The van der Waals surface area contributed by atoms with E-state index >= 15 is 0 Å². The molecule has 0 aliphatic heterocycles. The van der Waals surface area contributed by atoms with Crippen LogP contribution in [0.4, 0.5) is 5.82 Å². The molecule has 4 heteroatoms. The van der Waals surface area contributed by atoms with Gasteiger partial charge in [-0.05, 0) is 23.1 Å². The maximum Gasteiger partial charge on any atom is 0.145 e. The van der Waals surface area contributed by atoms with Crippen molar-refractivity contribution < 1.29 is 4.74 Å². The smallest absolute Gasteiger partial charge is 0.145 e. The first kappa shape index (κ1) is 14.4. The summed E-state index contributed by atoms with van der Waals surface area (Å²) in [5, 5.41) is 4.15. The van der Waals surface area contributed by atoms with E-state index in [1.807, 2.05) is 23.0 Å². The molecule has 4 nitrogen and oxygen atoms in total. The molecule has 20 heavy (non-hydrogen) atoms. The SMILES string of the molecule is CC(C)(C)c1ccccc1OCCCn1ccc(N)n1. The third-order valence-electron chi connectivity index (χ3n) is 3.15. The first-order valence-corrected chi connectivity index (χ1v) is 6.98. The van der Waals surface area contributed by atoms with Crippen LogP contribution in [0.2, 0.25) is 0 Å². The summed E-state index contributed by atoms with van der Waals surface area (Å²) in [7, 11) is 0. The molecule has 108 valence electrons. The number of ether oxygens (including phenoxy) is 1. The molecule has 2 rings (SSSR count). The molecule has 0 spiro atoms. The predicted octanol–water partition coefficient (Wildman–Crippen LogP) is 3.23. The van der Waals surface area contributed by atoms with Crippen molar-refractivity contribution >= 4 is 5.82 Å². The van der Waals surface area contributed by atoms with E-state index in [2.05, 4.69) is 38.0 Å². The average molecular weight is 273 g/mol. The van der Waals surface area contributed by atoms with Crippen LogP contribution >= 0.6 is 0 Å². The fraction of sp³-hybridized carbons (Fsp3) is 0.438. The summed E-state index contributed by atoms with van der Waals surface area (Å²) in [5.74, 6) is 1.53. The quantitative estimate of drug-likeness (QED) is 0.851. The van der Waals surface area contributed by atoms with E-state index in [9.17, 15) is 0 Å². The average Bonchev–Trinajstić information content (AvgIpc) is 2.80. The summed E-state index contributed by atoms with van der Waals surface area (Å²) in [6.07, 6.45) is 2.79. The number of aromatic nitrogens is 2. The molecule has 1 heterocycles. The Kier molecular flexibility index (Phi) is 4.32. The number of hydrogen-bond acceptors (Lipinski definition) is 3. The Morgan fingerprint density at radius 3 is 2.60 bits per heavy atom. The molecule has 0 saturated heterocycles. The minimum absolute atomic E-state index is 0.0903. The first-order chi connectivity index (χ1) is 9.47. The van der Waals surface area contributed by atoms with Gasteiger partial charge >= 0.3 is 0 Å². The van der Waals surface area contributed by atoms with E-state index < -0.39 is 0 Å². The Morgan fingerprint density at radius 2 is 1.95 bits per heavy atom. The van der Waals surface area contributed by atoms with Crippen LogP contribution in [0, 0.1) is 0 Å². The summed E-state index contributed by atoms with van der Waals surface area (Å²) >= 11 is 0. The number of hydrogen-bond donors (Lipinski definition) is 1. The largest absolute Gasteiger partial charge is 0.493 e. The van der Waals surface area contributed by atoms with Crippen LogP contribution < -0.4 is 10.5 Å². The van der Waals surface area contributed by atoms with E-state index in [0.717, 1.165) is 18.7 Å². The van der Waals surface area contributed by atoms with Crippen LogP contribution in [0.25, 0.3) is 0 Å². The molecule has 0 aliphatic rings. The maximum atomic E-state index is 5.92. The Hall–Kier alpha value is -1.97. The van der Waals surface area contributed by atoms with E-state index in [1.54, 1.807) is 6.07 Å². The molecule has 0 bridgehead atoms. The van der Waals surface area contributed by atoms with Crippen LogP contribution in [-0.4, -0.2) is 16.4 Å². The zero-order chi connectivity index (χ0) is 14.6. The topological polar surface area (TPSA) is 53.1 Å². The molecule has 0 saturated carbocycles. The molecule has 0 atom stereocenters. The van der Waals surface area contributed by atoms with Gasteiger partial charge in [-0.2, -0.15) is 5.10 Å². The normalized spacial score (nSPS) is 11.6. The minimum atomic E-state index is 0.0903. The van der Waals surface area contributed by atoms with Crippen molar-refractivity contribution in [3.63, 3.8) is 0 Å². The lowest BCUT2D eigenvalue weighted by Gasteiger charge is -2.22. The highest BCUT2D eigenvalue weighted by Gasteiger charge is 2.18. The second-order valence-electron chi connectivity index (χ2n) is 5.95. The molecule has 0 aliphatic carbocycles. The number of nitrogens with two attached hydrogens (primary N) is 1. The third kappa shape index (κ3) is 3.76. The third-order valence-corrected chi connectivity index (χ3v) is 3.15. The molecular formula is C16H23N3O. The summed E-state index contributed by atoms with van der Waals surface area (Å²) in [6.45, 7) is 8.08. The van der Waals surface area contributed by atoms with Gasteiger partial charge in [-0.3, -0.25) is 4.68 Å². The van der Waals surface area contributed by atoms with Crippen molar-refractivity contribution in [3.8, 4) is 5.75 Å². The molecular weight excluding hydrogens is 250 g/mol. The lowest BCUT2D eigenvalue weighted by atomic mass is 9.86. The summed E-state index contributed by atoms with van der Waals surface area (Å²) < 4.78 is 7.76. The molecule has 0 fully saturated rings. The van der Waals surface area contributed by atoms with Crippen molar-refractivity contribution in [1.82, 2.24) is 9.78 Å². The van der Waals surface area contributed by atoms with Crippen molar-refractivity contribution in [1.29, 1.82) is 0 Å². The van der Waals surface area contributed by atoms with E-state index in [1.165, 1.54) is 5.56 Å². The lowest BCUT2D eigenvalue weighted by molar-refractivity contribution is 0.291. The molecule has 2 N–H and O–H groups in total. The van der Waals surface area contributed by atoms with Gasteiger partial charge in [-0.1, -0.05) is 39.0 Å². The maximum absolute atomic E-state index is 5.92.